The van der Waals surface area contributed by atoms with Crippen molar-refractivity contribution in [3.8, 4) is 5.75 Å². The maximum absolute atomic E-state index is 14.4. The minimum Gasteiger partial charge on any atom is -0.507 e. The number of phenolic OH excluding ortho intramolecular Hbond substituents is 1. The van der Waals surface area contributed by atoms with Crippen molar-refractivity contribution < 1.29 is 28.8 Å². The van der Waals surface area contributed by atoms with E-state index in [1.165, 1.54) is 15.3 Å². The molecule has 2 heterocycles. The van der Waals surface area contributed by atoms with Crippen molar-refractivity contribution in [2.45, 2.75) is 78.3 Å². The second kappa shape index (κ2) is 15.5. The third kappa shape index (κ3) is 7.31. The first-order chi connectivity index (χ1) is 26.3. The van der Waals surface area contributed by atoms with E-state index in [4.69, 9.17) is 9.08 Å². The number of aryl methyl sites for hydroxylation is 2. The normalized spacial score (nSPS) is 21.9. The summed E-state index contributed by atoms with van der Waals surface area (Å²) < 4.78 is 13.9. The van der Waals surface area contributed by atoms with Gasteiger partial charge in [0.15, 0.2) is 0 Å². The van der Waals surface area contributed by atoms with Crippen molar-refractivity contribution >= 4 is 49.4 Å². The van der Waals surface area contributed by atoms with E-state index in [0.29, 0.717) is 30.7 Å². The number of imide groups is 1. The van der Waals surface area contributed by atoms with Crippen LogP contribution in [0.25, 0.3) is 6.08 Å². The Balaban J connectivity index is 1.30. The molecule has 1 aliphatic carbocycles. The van der Waals surface area contributed by atoms with Gasteiger partial charge in [0.05, 0.1) is 30.2 Å². The molecule has 0 aromatic heterocycles. The van der Waals surface area contributed by atoms with E-state index < -0.39 is 33.4 Å². The number of phenols is 1. The molecule has 0 radical (unpaired) electrons. The van der Waals surface area contributed by atoms with Gasteiger partial charge in [-0.25, -0.2) is 0 Å². The summed E-state index contributed by atoms with van der Waals surface area (Å²) in [7, 11) is -4.03. The molecular weight excluding hydrogens is 701 g/mol. The number of hydrogen-bond donors (Lipinski definition) is 2. The Morgan fingerprint density at radius 2 is 1.45 bits per heavy atom. The zero-order valence-corrected chi connectivity index (χ0v) is 33.8. The molecule has 4 atom stereocenters. The number of carbonyl (C=O) groups is 2. The lowest BCUT2D eigenvalue weighted by atomic mass is 9.58. The lowest BCUT2D eigenvalue weighted by Gasteiger charge is -2.46. The molecule has 4 aromatic carbocycles. The van der Waals surface area contributed by atoms with Gasteiger partial charge in [0.1, 0.15) is 5.75 Å². The van der Waals surface area contributed by atoms with Crippen molar-refractivity contribution in [1.29, 1.82) is 0 Å². The van der Waals surface area contributed by atoms with Gasteiger partial charge in [-0.3, -0.25) is 14.5 Å². The van der Waals surface area contributed by atoms with Crippen LogP contribution in [-0.2, 0) is 18.7 Å². The summed E-state index contributed by atoms with van der Waals surface area (Å²) in [5.74, 6) is -1.63. The Bertz CT molecular complexity index is 2050. The number of carbonyl (C=O) groups excluding carboxylic acids is 2. The molecule has 7 rings (SSSR count). The first kappa shape index (κ1) is 38.7. The van der Waals surface area contributed by atoms with Crippen LogP contribution in [0.4, 0.5) is 5.69 Å². The fraction of sp³-hybridized carbons (Fsp3) is 0.348. The van der Waals surface area contributed by atoms with Gasteiger partial charge in [-0.2, -0.15) is 0 Å². The van der Waals surface area contributed by atoms with Crippen molar-refractivity contribution in [3.63, 3.8) is 0 Å². The summed E-state index contributed by atoms with van der Waals surface area (Å²) in [6.07, 6.45) is 3.56. The van der Waals surface area contributed by atoms with Crippen molar-refractivity contribution in [3.05, 3.63) is 137 Å². The zero-order valence-electron chi connectivity index (χ0n) is 32.8. The molecule has 2 N–H and O–H groups in total. The predicted molar refractivity (Wildman–Crippen MR) is 223 cm³/mol. The molecule has 2 fully saturated rings. The van der Waals surface area contributed by atoms with E-state index in [-0.39, 0.29) is 35.7 Å². The Morgan fingerprint density at radius 1 is 0.891 bits per heavy atom. The Labute approximate surface area is 327 Å². The van der Waals surface area contributed by atoms with E-state index in [1.54, 1.807) is 0 Å². The number of fused-ring (bicyclic) bond motifs is 3. The topological polar surface area (TPSA) is 96.3 Å². The van der Waals surface area contributed by atoms with E-state index in [0.717, 1.165) is 33.4 Å². The Morgan fingerprint density at radius 3 is 2.02 bits per heavy atom. The third-order valence-electron chi connectivity index (χ3n) is 11.9. The highest BCUT2D eigenvalue weighted by molar-refractivity contribution is 6.99. The van der Waals surface area contributed by atoms with Gasteiger partial charge >= 0.3 is 7.12 Å². The monoisotopic (exact) mass is 753 g/mol. The summed E-state index contributed by atoms with van der Waals surface area (Å²) in [6.45, 7) is 12.9. The second-order valence-corrected chi connectivity index (χ2v) is 21.0. The van der Waals surface area contributed by atoms with Crippen LogP contribution in [0.2, 0.25) is 11.4 Å². The smallest absolute Gasteiger partial charge is 0.455 e. The van der Waals surface area contributed by atoms with Crippen LogP contribution in [0.5, 0.6) is 5.75 Å². The summed E-state index contributed by atoms with van der Waals surface area (Å²) >= 11 is 0. The minimum absolute atomic E-state index is 0.195. The molecule has 0 unspecified atom stereocenters. The number of hydrogen-bond acceptors (Lipinski definition) is 6. The largest absolute Gasteiger partial charge is 0.507 e. The van der Waals surface area contributed by atoms with Gasteiger partial charge in [-0.15, -0.1) is 0 Å². The molecule has 2 saturated heterocycles. The average molecular weight is 754 g/mol. The first-order valence-electron chi connectivity index (χ1n) is 19.5. The number of benzene rings is 4. The second-order valence-electron chi connectivity index (χ2n) is 16.6. The van der Waals surface area contributed by atoms with Gasteiger partial charge in [0.2, 0.25) is 11.8 Å². The molecule has 55 heavy (non-hydrogen) atoms. The van der Waals surface area contributed by atoms with E-state index in [9.17, 15) is 19.7 Å². The maximum atomic E-state index is 14.4. The molecule has 3 aliphatic rings. The molecule has 9 heteroatoms. The van der Waals surface area contributed by atoms with Gasteiger partial charge in [0.25, 0.3) is 8.32 Å². The standard InChI is InChI=1S/C46H52BNO6Si/c1-30(24-33-25-31(2)43(49)32(3)26-33)22-23-40-41-34(29-53-55(46(4,5)6,36-18-12-8-13-19-36)37-20-14-9-15-21-37)27-38-42(39(41)28-47(52)54-40)45(51)48(44(38)50)35-16-10-7-11-17-35/h7-21,24-26,38-40,42,49,52H,22-23,27-29H2,1-6H3/b30-24+/t38-,39+,40-,42-/m1/s1. The summed E-state index contributed by atoms with van der Waals surface area (Å²) in [5, 5.41) is 23.7. The molecule has 7 nitrogen and oxygen atoms in total. The first-order valence-corrected chi connectivity index (χ1v) is 21.4. The zero-order chi connectivity index (χ0) is 39.1. The molecular formula is C46H52BNO6Si. The number of amides is 2. The summed E-state index contributed by atoms with van der Waals surface area (Å²) in [4.78, 5) is 30.1. The van der Waals surface area contributed by atoms with Gasteiger partial charge in [-0.1, -0.05) is 111 Å². The third-order valence-corrected chi connectivity index (χ3v) is 16.9. The van der Waals surface area contributed by atoms with E-state index >= 15 is 0 Å². The number of para-hydroxylation sites is 1. The maximum Gasteiger partial charge on any atom is 0.455 e. The van der Waals surface area contributed by atoms with Crippen LogP contribution in [0, 0.1) is 31.6 Å². The van der Waals surface area contributed by atoms with Crippen LogP contribution in [0.15, 0.2) is 120 Å². The van der Waals surface area contributed by atoms with Crippen LogP contribution >= 0.6 is 0 Å². The van der Waals surface area contributed by atoms with Crippen LogP contribution in [0.1, 0.15) is 63.6 Å². The Kier molecular flexibility index (Phi) is 10.9. The molecule has 0 spiro atoms. The Hall–Kier alpha value is -4.54. The van der Waals surface area contributed by atoms with E-state index in [1.807, 2.05) is 68.4 Å². The highest BCUT2D eigenvalue weighted by Gasteiger charge is 2.58. The highest BCUT2D eigenvalue weighted by Crippen LogP contribution is 2.52. The fourth-order valence-electron chi connectivity index (χ4n) is 9.47. The molecule has 2 aliphatic heterocycles. The average Bonchev–Trinajstić information content (AvgIpc) is 3.42. The van der Waals surface area contributed by atoms with Crippen LogP contribution in [-0.4, -0.2) is 50.1 Å². The SMILES string of the molecule is C/C(=C\c1cc(C)c(O)c(C)c1)CC[C@H]1OB(O)C[C@H]2C1=C(CO[Si](c1ccccc1)(c1ccccc1)C(C)(C)C)C[C@H]1C(=O)N(c3ccccc3)C(=O)[C@H]12. The summed E-state index contributed by atoms with van der Waals surface area (Å²) in [5.41, 5.74) is 6.38. The lowest BCUT2D eigenvalue weighted by molar-refractivity contribution is -0.122. The molecule has 0 bridgehead atoms. The van der Waals surface area contributed by atoms with Crippen molar-refractivity contribution in [2.24, 2.45) is 17.8 Å². The number of nitrogens with zero attached hydrogens (tertiary/aromatic N) is 1. The number of allylic oxidation sites excluding steroid dienone is 1. The lowest BCUT2D eigenvalue weighted by Crippen LogP contribution is -2.66. The minimum atomic E-state index is -2.96. The fourth-order valence-corrected chi connectivity index (χ4v) is 14.0. The number of aromatic hydroxyl groups is 1. The quantitative estimate of drug-likeness (QED) is 0.0977. The van der Waals surface area contributed by atoms with Crippen molar-refractivity contribution in [1.82, 2.24) is 0 Å². The van der Waals surface area contributed by atoms with Crippen LogP contribution in [0.3, 0.4) is 0 Å². The summed E-state index contributed by atoms with van der Waals surface area (Å²) in [6, 6.07) is 34.2. The molecule has 4 aromatic rings. The number of rotatable bonds is 10. The number of anilines is 1. The van der Waals surface area contributed by atoms with Gasteiger partial charge in [0, 0.05) is 0 Å². The van der Waals surface area contributed by atoms with Crippen molar-refractivity contribution in [2.75, 3.05) is 11.5 Å². The molecule has 0 saturated carbocycles. The molecule has 284 valence electrons. The predicted octanol–water partition coefficient (Wildman–Crippen LogP) is 7.77. The van der Waals surface area contributed by atoms with Crippen LogP contribution < -0.4 is 15.3 Å². The van der Waals surface area contributed by atoms with E-state index in [2.05, 4.69) is 82.3 Å². The molecule has 2 amide bonds. The van der Waals surface area contributed by atoms with Gasteiger partial charge in [-0.05, 0) is 120 Å². The van der Waals surface area contributed by atoms with Gasteiger partial charge < -0.3 is 19.2 Å². The highest BCUT2D eigenvalue weighted by atomic mass is 28.4.